The van der Waals surface area contributed by atoms with Gasteiger partial charge >= 0.3 is 0 Å². The molecule has 0 spiro atoms. The average Bonchev–Trinajstić information content (AvgIpc) is 2.76. The summed E-state index contributed by atoms with van der Waals surface area (Å²) < 4.78 is 5.27. The number of likely N-dealkylation sites (tertiary alicyclic amines) is 1. The molecular formula is C16H23ClN2O2. The van der Waals surface area contributed by atoms with Crippen molar-refractivity contribution in [1.29, 1.82) is 0 Å². The number of benzene rings is 1. The first kappa shape index (κ1) is 16.0. The van der Waals surface area contributed by atoms with Gasteiger partial charge in [0.15, 0.2) is 0 Å². The van der Waals surface area contributed by atoms with Gasteiger partial charge in [0.25, 0.3) is 0 Å². The lowest BCUT2D eigenvalue weighted by molar-refractivity contribution is -0.130. The standard InChI is InChI=1S/C16H23ClN2O2/c1-21-15-7-6-13(17)12-14(15)18-9-8-16(20)19-10-4-2-3-5-11-19/h6-7,12,18H,2-5,8-11H2,1H3. The number of hydrogen-bond donors (Lipinski definition) is 1. The van der Waals surface area contributed by atoms with Crippen LogP contribution < -0.4 is 10.1 Å². The molecule has 2 rings (SSSR count). The zero-order valence-electron chi connectivity index (χ0n) is 12.5. The van der Waals surface area contributed by atoms with Crippen molar-refractivity contribution in [3.05, 3.63) is 23.2 Å². The molecule has 0 radical (unpaired) electrons. The van der Waals surface area contributed by atoms with Crippen LogP contribution in [0.15, 0.2) is 18.2 Å². The molecule has 21 heavy (non-hydrogen) atoms. The van der Waals surface area contributed by atoms with Crippen LogP contribution in [0.3, 0.4) is 0 Å². The lowest BCUT2D eigenvalue weighted by Gasteiger charge is -2.20. The molecule has 0 bridgehead atoms. The third-order valence-electron chi connectivity index (χ3n) is 3.77. The Morgan fingerprint density at radius 1 is 1.29 bits per heavy atom. The molecular weight excluding hydrogens is 288 g/mol. The van der Waals surface area contributed by atoms with Gasteiger partial charge in [0.05, 0.1) is 12.8 Å². The van der Waals surface area contributed by atoms with E-state index in [4.69, 9.17) is 16.3 Å². The minimum atomic E-state index is 0.227. The summed E-state index contributed by atoms with van der Waals surface area (Å²) in [6.07, 6.45) is 5.22. The molecule has 1 aromatic carbocycles. The number of amides is 1. The van der Waals surface area contributed by atoms with Gasteiger partial charge in [-0.25, -0.2) is 0 Å². The summed E-state index contributed by atoms with van der Waals surface area (Å²) in [5, 5.41) is 3.88. The highest BCUT2D eigenvalue weighted by atomic mass is 35.5. The number of ether oxygens (including phenoxy) is 1. The fraction of sp³-hybridized carbons (Fsp3) is 0.562. The Kier molecular flexibility index (Phi) is 6.18. The van der Waals surface area contributed by atoms with E-state index in [1.807, 2.05) is 17.0 Å². The zero-order valence-corrected chi connectivity index (χ0v) is 13.3. The molecule has 0 atom stereocenters. The molecule has 0 unspecified atom stereocenters. The van der Waals surface area contributed by atoms with Gasteiger partial charge in [-0.2, -0.15) is 0 Å². The number of halogens is 1. The third kappa shape index (κ3) is 4.81. The van der Waals surface area contributed by atoms with Crippen LogP contribution in [0.5, 0.6) is 5.75 Å². The normalized spacial score (nSPS) is 15.4. The topological polar surface area (TPSA) is 41.6 Å². The Balaban J connectivity index is 1.83. The van der Waals surface area contributed by atoms with E-state index in [-0.39, 0.29) is 5.91 Å². The zero-order chi connectivity index (χ0) is 15.1. The molecule has 1 fully saturated rings. The van der Waals surface area contributed by atoms with Crippen LogP contribution in [-0.4, -0.2) is 37.6 Å². The molecule has 1 aliphatic heterocycles. The Morgan fingerprint density at radius 2 is 2.00 bits per heavy atom. The van der Waals surface area contributed by atoms with Crippen molar-refractivity contribution < 1.29 is 9.53 Å². The van der Waals surface area contributed by atoms with Crippen LogP contribution in [0.4, 0.5) is 5.69 Å². The largest absolute Gasteiger partial charge is 0.495 e. The number of hydrogen-bond acceptors (Lipinski definition) is 3. The highest BCUT2D eigenvalue weighted by molar-refractivity contribution is 6.30. The van der Waals surface area contributed by atoms with E-state index in [0.29, 0.717) is 18.0 Å². The van der Waals surface area contributed by atoms with E-state index in [1.54, 1.807) is 13.2 Å². The van der Waals surface area contributed by atoms with Gasteiger partial charge in [0.1, 0.15) is 5.75 Å². The van der Waals surface area contributed by atoms with Crippen LogP contribution in [0.1, 0.15) is 32.1 Å². The molecule has 1 saturated heterocycles. The first-order valence-corrected chi connectivity index (χ1v) is 7.93. The minimum absolute atomic E-state index is 0.227. The van der Waals surface area contributed by atoms with Gasteiger partial charge in [-0.15, -0.1) is 0 Å². The van der Waals surface area contributed by atoms with Crippen molar-refractivity contribution in [1.82, 2.24) is 4.90 Å². The fourth-order valence-electron chi connectivity index (χ4n) is 2.60. The Morgan fingerprint density at radius 3 is 2.67 bits per heavy atom. The van der Waals surface area contributed by atoms with Crippen LogP contribution in [0, 0.1) is 0 Å². The highest BCUT2D eigenvalue weighted by Crippen LogP contribution is 2.27. The van der Waals surface area contributed by atoms with Crippen LogP contribution in [0.25, 0.3) is 0 Å². The Hall–Kier alpha value is -1.42. The first-order chi connectivity index (χ1) is 10.2. The molecule has 1 aliphatic rings. The van der Waals surface area contributed by atoms with E-state index in [0.717, 1.165) is 37.4 Å². The van der Waals surface area contributed by atoms with Crippen molar-refractivity contribution in [2.75, 3.05) is 32.1 Å². The van der Waals surface area contributed by atoms with Crippen molar-refractivity contribution in [3.8, 4) is 5.75 Å². The van der Waals surface area contributed by atoms with E-state index in [2.05, 4.69) is 5.32 Å². The van der Waals surface area contributed by atoms with Crippen LogP contribution >= 0.6 is 11.6 Å². The van der Waals surface area contributed by atoms with Gasteiger partial charge in [-0.3, -0.25) is 4.79 Å². The predicted molar refractivity (Wildman–Crippen MR) is 86.2 cm³/mol. The number of nitrogens with zero attached hydrogens (tertiary/aromatic N) is 1. The molecule has 4 nitrogen and oxygen atoms in total. The van der Waals surface area contributed by atoms with Gasteiger partial charge in [-0.05, 0) is 31.0 Å². The summed E-state index contributed by atoms with van der Waals surface area (Å²) in [5.41, 5.74) is 0.827. The SMILES string of the molecule is COc1ccc(Cl)cc1NCCC(=O)N1CCCCCC1. The maximum absolute atomic E-state index is 12.2. The second kappa shape index (κ2) is 8.13. The molecule has 0 aliphatic carbocycles. The second-order valence-electron chi connectivity index (χ2n) is 5.32. The molecule has 1 amide bonds. The lowest BCUT2D eigenvalue weighted by Crippen LogP contribution is -2.32. The van der Waals surface area contributed by atoms with Crippen molar-refractivity contribution >= 4 is 23.2 Å². The number of rotatable bonds is 5. The van der Waals surface area contributed by atoms with E-state index < -0.39 is 0 Å². The van der Waals surface area contributed by atoms with Gasteiger partial charge in [0, 0.05) is 31.1 Å². The van der Waals surface area contributed by atoms with Crippen LogP contribution in [-0.2, 0) is 4.79 Å². The molecule has 1 heterocycles. The summed E-state index contributed by atoms with van der Waals surface area (Å²) in [5.74, 6) is 0.965. The molecule has 0 saturated carbocycles. The fourth-order valence-corrected chi connectivity index (χ4v) is 2.77. The molecule has 5 heteroatoms. The monoisotopic (exact) mass is 310 g/mol. The second-order valence-corrected chi connectivity index (χ2v) is 5.75. The molecule has 0 aromatic heterocycles. The van der Waals surface area contributed by atoms with Crippen molar-refractivity contribution in [2.24, 2.45) is 0 Å². The van der Waals surface area contributed by atoms with Gasteiger partial charge in [0.2, 0.25) is 5.91 Å². The number of carbonyl (C=O) groups is 1. The van der Waals surface area contributed by atoms with Crippen LogP contribution in [0.2, 0.25) is 5.02 Å². The smallest absolute Gasteiger partial charge is 0.224 e. The number of nitrogens with one attached hydrogen (secondary N) is 1. The van der Waals surface area contributed by atoms with E-state index in [9.17, 15) is 4.79 Å². The maximum Gasteiger partial charge on any atom is 0.224 e. The van der Waals surface area contributed by atoms with Crippen molar-refractivity contribution in [3.63, 3.8) is 0 Å². The Labute approximate surface area is 131 Å². The lowest BCUT2D eigenvalue weighted by atomic mass is 10.2. The maximum atomic E-state index is 12.2. The summed E-state index contributed by atoms with van der Waals surface area (Å²) in [7, 11) is 1.62. The summed E-state index contributed by atoms with van der Waals surface area (Å²) in [6.45, 7) is 2.39. The van der Waals surface area contributed by atoms with Gasteiger partial charge < -0.3 is 15.0 Å². The number of carbonyl (C=O) groups excluding carboxylic acids is 1. The predicted octanol–water partition coefficient (Wildman–Crippen LogP) is 3.55. The Bertz CT molecular complexity index is 471. The molecule has 1 N–H and O–H groups in total. The third-order valence-corrected chi connectivity index (χ3v) is 4.01. The van der Waals surface area contributed by atoms with E-state index in [1.165, 1.54) is 12.8 Å². The molecule has 116 valence electrons. The molecule has 1 aromatic rings. The number of methoxy groups -OCH3 is 1. The summed E-state index contributed by atoms with van der Waals surface area (Å²) in [6, 6.07) is 5.42. The average molecular weight is 311 g/mol. The number of anilines is 1. The highest BCUT2D eigenvalue weighted by Gasteiger charge is 2.15. The minimum Gasteiger partial charge on any atom is -0.495 e. The van der Waals surface area contributed by atoms with Gasteiger partial charge in [-0.1, -0.05) is 24.4 Å². The quantitative estimate of drug-likeness (QED) is 0.904. The van der Waals surface area contributed by atoms with E-state index >= 15 is 0 Å². The summed E-state index contributed by atoms with van der Waals surface area (Å²) in [4.78, 5) is 14.2. The first-order valence-electron chi connectivity index (χ1n) is 7.56. The van der Waals surface area contributed by atoms with Crippen molar-refractivity contribution in [2.45, 2.75) is 32.1 Å². The summed E-state index contributed by atoms with van der Waals surface area (Å²) >= 11 is 5.98.